The fraction of sp³-hybridized carbons (Fsp3) is 0.400. The van der Waals surface area contributed by atoms with Crippen molar-refractivity contribution in [1.82, 2.24) is 0 Å². The number of hydrogen-bond acceptors (Lipinski definition) is 1. The van der Waals surface area contributed by atoms with E-state index in [2.05, 4.69) is 19.1 Å². The molecule has 0 aliphatic rings. The van der Waals surface area contributed by atoms with Crippen molar-refractivity contribution in [1.29, 1.82) is 0 Å². The highest BCUT2D eigenvalue weighted by Gasteiger charge is 1.89. The zero-order chi connectivity index (χ0) is 7.94. The van der Waals surface area contributed by atoms with Crippen LogP contribution in [0.3, 0.4) is 0 Å². The molecule has 0 saturated heterocycles. The van der Waals surface area contributed by atoms with Crippen molar-refractivity contribution in [3.63, 3.8) is 0 Å². The summed E-state index contributed by atoms with van der Waals surface area (Å²) in [5.41, 5.74) is 0. The van der Waals surface area contributed by atoms with Gasteiger partial charge in [-0.25, -0.2) is 0 Å². The van der Waals surface area contributed by atoms with Gasteiger partial charge in [-0.1, -0.05) is 31.5 Å². The maximum atomic E-state index is 5.34. The number of rotatable bonds is 4. The van der Waals surface area contributed by atoms with Crippen molar-refractivity contribution >= 4 is 0 Å². The summed E-state index contributed by atoms with van der Waals surface area (Å²) >= 11 is 0. The van der Waals surface area contributed by atoms with Crippen molar-refractivity contribution in [3.8, 4) is 5.75 Å². The van der Waals surface area contributed by atoms with Gasteiger partial charge in [-0.15, -0.1) is 0 Å². The first kappa shape index (κ1) is 8.12. The largest absolute Gasteiger partial charge is 0.492 e. The van der Waals surface area contributed by atoms with Gasteiger partial charge in [0.2, 0.25) is 0 Å². The van der Waals surface area contributed by atoms with Crippen molar-refractivity contribution in [3.05, 3.63) is 30.3 Å². The summed E-state index contributed by atoms with van der Waals surface area (Å²) in [4.78, 5) is 0. The first-order chi connectivity index (χ1) is 5.43. The molecule has 0 heterocycles. The molecule has 0 aliphatic carbocycles. The average molecular weight is 148 g/mol. The third kappa shape index (κ3) is 3.08. The Bertz CT molecular complexity index is 181. The van der Waals surface area contributed by atoms with E-state index in [1.165, 1.54) is 0 Å². The highest BCUT2D eigenvalue weighted by Crippen LogP contribution is 2.06. The lowest BCUT2D eigenvalue weighted by Gasteiger charge is -2.02. The maximum Gasteiger partial charge on any atom is 0.135 e. The standard InChI is InChI=1S/C10H12O/c1-2-3-9-11-10-7-5-4-6-8-10/h4-6H,2-3,9H2,1H3. The van der Waals surface area contributed by atoms with Gasteiger partial charge in [-0.05, 0) is 6.42 Å². The molecule has 0 unspecified atom stereocenters. The Labute approximate surface area is 68.0 Å². The number of benzene rings is 1. The second kappa shape index (κ2) is 4.78. The molecule has 0 spiro atoms. The zero-order valence-electron chi connectivity index (χ0n) is 6.76. The summed E-state index contributed by atoms with van der Waals surface area (Å²) in [6, 6.07) is 11.4. The van der Waals surface area contributed by atoms with E-state index < -0.39 is 0 Å². The lowest BCUT2D eigenvalue weighted by molar-refractivity contribution is 0.308. The molecule has 0 amide bonds. The second-order valence-electron chi connectivity index (χ2n) is 2.35. The summed E-state index contributed by atoms with van der Waals surface area (Å²) in [6.45, 7) is 2.91. The van der Waals surface area contributed by atoms with E-state index in [0.717, 1.165) is 25.2 Å². The maximum absolute atomic E-state index is 5.34. The molecule has 11 heavy (non-hydrogen) atoms. The van der Waals surface area contributed by atoms with E-state index in [9.17, 15) is 0 Å². The summed E-state index contributed by atoms with van der Waals surface area (Å²) in [5, 5.41) is 0. The first-order valence-electron chi connectivity index (χ1n) is 3.94. The topological polar surface area (TPSA) is 9.23 Å². The normalized spacial score (nSPS) is 9.55. The molecule has 58 valence electrons. The first-order valence-corrected chi connectivity index (χ1v) is 3.94. The third-order valence-corrected chi connectivity index (χ3v) is 1.37. The van der Waals surface area contributed by atoms with Gasteiger partial charge in [0.1, 0.15) is 5.75 Å². The van der Waals surface area contributed by atoms with Crippen molar-refractivity contribution < 1.29 is 4.74 Å². The van der Waals surface area contributed by atoms with E-state index in [1.807, 2.05) is 18.2 Å². The van der Waals surface area contributed by atoms with Gasteiger partial charge in [0.05, 0.1) is 6.61 Å². The van der Waals surface area contributed by atoms with E-state index in [0.29, 0.717) is 0 Å². The molecular weight excluding hydrogens is 136 g/mol. The van der Waals surface area contributed by atoms with Crippen LogP contribution in [0.2, 0.25) is 0 Å². The van der Waals surface area contributed by atoms with Gasteiger partial charge in [-0.2, -0.15) is 0 Å². The van der Waals surface area contributed by atoms with Crippen LogP contribution in [0.15, 0.2) is 18.2 Å². The monoisotopic (exact) mass is 148 g/mol. The lowest BCUT2D eigenvalue weighted by atomic mass is 10.3. The molecule has 1 heteroatoms. The molecule has 1 nitrogen and oxygen atoms in total. The van der Waals surface area contributed by atoms with Crippen LogP contribution in [-0.4, -0.2) is 6.61 Å². The number of ether oxygens (including phenoxy) is 1. The quantitative estimate of drug-likeness (QED) is 0.596. The molecule has 1 aromatic carbocycles. The Kier molecular flexibility index (Phi) is 3.53. The highest BCUT2D eigenvalue weighted by atomic mass is 16.5. The van der Waals surface area contributed by atoms with Crippen LogP contribution in [-0.2, 0) is 0 Å². The minimum absolute atomic E-state index is 0.723. The molecule has 1 aromatic rings. The Morgan fingerprint density at radius 1 is 1.36 bits per heavy atom. The zero-order valence-corrected chi connectivity index (χ0v) is 6.76. The molecule has 0 aliphatic heterocycles. The second-order valence-corrected chi connectivity index (χ2v) is 2.35. The number of hydrogen-bond donors (Lipinski definition) is 0. The van der Waals surface area contributed by atoms with E-state index in [-0.39, 0.29) is 0 Å². The van der Waals surface area contributed by atoms with Crippen LogP contribution in [0.1, 0.15) is 19.8 Å². The molecule has 2 radical (unpaired) electrons. The van der Waals surface area contributed by atoms with Crippen LogP contribution >= 0.6 is 0 Å². The SMILES string of the molecule is CCCCOc1[c]ccc[c]1. The van der Waals surface area contributed by atoms with Gasteiger partial charge in [-0.3, -0.25) is 0 Å². The molecular formula is C10H12O. The Hall–Kier alpha value is -0.980. The van der Waals surface area contributed by atoms with Crippen molar-refractivity contribution in [2.24, 2.45) is 0 Å². The molecule has 1 rings (SSSR count). The predicted molar refractivity (Wildman–Crippen MR) is 44.5 cm³/mol. The van der Waals surface area contributed by atoms with Crippen LogP contribution in [0.25, 0.3) is 0 Å². The molecule has 0 bridgehead atoms. The van der Waals surface area contributed by atoms with Crippen molar-refractivity contribution in [2.45, 2.75) is 19.8 Å². The lowest BCUT2D eigenvalue weighted by Crippen LogP contribution is -1.95. The smallest absolute Gasteiger partial charge is 0.135 e. The highest BCUT2D eigenvalue weighted by molar-refractivity contribution is 5.17. The van der Waals surface area contributed by atoms with Crippen molar-refractivity contribution in [2.75, 3.05) is 6.61 Å². The van der Waals surface area contributed by atoms with Crippen LogP contribution < -0.4 is 4.74 Å². The molecule has 0 aromatic heterocycles. The van der Waals surface area contributed by atoms with Gasteiger partial charge in [0.25, 0.3) is 0 Å². The third-order valence-electron chi connectivity index (χ3n) is 1.37. The Balaban J connectivity index is 2.28. The number of para-hydroxylation sites is 1. The summed E-state index contributed by atoms with van der Waals surface area (Å²) < 4.78 is 5.34. The van der Waals surface area contributed by atoms with Gasteiger partial charge >= 0.3 is 0 Å². The molecule has 0 N–H and O–H groups in total. The van der Waals surface area contributed by atoms with E-state index >= 15 is 0 Å². The van der Waals surface area contributed by atoms with Gasteiger partial charge in [0, 0.05) is 12.1 Å². The summed E-state index contributed by atoms with van der Waals surface area (Å²) in [7, 11) is 0. The van der Waals surface area contributed by atoms with E-state index in [4.69, 9.17) is 4.74 Å². The fourth-order valence-electron chi connectivity index (χ4n) is 0.739. The molecule has 0 atom stereocenters. The minimum atomic E-state index is 0.723. The average Bonchev–Trinajstić information content (AvgIpc) is 2.07. The fourth-order valence-corrected chi connectivity index (χ4v) is 0.739. The van der Waals surface area contributed by atoms with Gasteiger partial charge < -0.3 is 4.74 Å². The minimum Gasteiger partial charge on any atom is -0.492 e. The molecule has 0 fully saturated rings. The predicted octanol–water partition coefficient (Wildman–Crippen LogP) is 2.47. The number of unbranched alkanes of at least 4 members (excludes halogenated alkanes) is 1. The summed E-state index contributed by atoms with van der Waals surface area (Å²) in [5.74, 6) is 0.723. The summed E-state index contributed by atoms with van der Waals surface area (Å²) in [6.07, 6.45) is 2.25. The van der Waals surface area contributed by atoms with E-state index in [1.54, 1.807) is 0 Å². The van der Waals surface area contributed by atoms with Crippen LogP contribution in [0, 0.1) is 12.1 Å². The Morgan fingerprint density at radius 3 is 2.73 bits per heavy atom. The van der Waals surface area contributed by atoms with Gasteiger partial charge in [0.15, 0.2) is 0 Å². The van der Waals surface area contributed by atoms with Crippen LogP contribution in [0.4, 0.5) is 0 Å². The van der Waals surface area contributed by atoms with Crippen LogP contribution in [0.5, 0.6) is 5.75 Å². The molecule has 0 saturated carbocycles. The Morgan fingerprint density at radius 2 is 2.09 bits per heavy atom.